The zero-order valence-electron chi connectivity index (χ0n) is 19.5. The fourth-order valence-electron chi connectivity index (χ4n) is 3.65. The van der Waals surface area contributed by atoms with Gasteiger partial charge in [-0.25, -0.2) is 4.68 Å². The van der Waals surface area contributed by atoms with Crippen LogP contribution in [0.1, 0.15) is 18.2 Å². The number of hydrogen-bond acceptors (Lipinski definition) is 6. The lowest BCUT2D eigenvalue weighted by Crippen LogP contribution is -2.37. The van der Waals surface area contributed by atoms with E-state index in [0.29, 0.717) is 22.9 Å². The number of thioether (sulfide) groups is 1. The van der Waals surface area contributed by atoms with E-state index in [1.807, 2.05) is 61.5 Å². The number of nitrogens with zero attached hydrogens (tertiary/aromatic N) is 3. The van der Waals surface area contributed by atoms with Crippen molar-refractivity contribution in [2.75, 3.05) is 18.5 Å². The minimum Gasteiger partial charge on any atom is -0.494 e. The highest BCUT2D eigenvalue weighted by atomic mass is 32.2. The van der Waals surface area contributed by atoms with Crippen molar-refractivity contribution in [3.8, 4) is 11.4 Å². The fraction of sp³-hybridized carbons (Fsp3) is 0.200. The van der Waals surface area contributed by atoms with Crippen molar-refractivity contribution in [1.29, 1.82) is 0 Å². The van der Waals surface area contributed by atoms with Crippen LogP contribution < -0.4 is 15.6 Å². The summed E-state index contributed by atoms with van der Waals surface area (Å²) in [4.78, 5) is 40.4. The highest BCUT2D eigenvalue weighted by Gasteiger charge is 2.33. The number of carbonyl (C=O) groups excluding carboxylic acids is 2. The molecule has 2 amide bonds. The highest BCUT2D eigenvalue weighted by molar-refractivity contribution is 8.26. The number of nitrogens with one attached hydrogen (secondary N) is 1. The number of benzene rings is 2. The average Bonchev–Trinajstić information content (AvgIpc) is 3.22. The van der Waals surface area contributed by atoms with Crippen molar-refractivity contribution in [3.63, 3.8) is 0 Å². The van der Waals surface area contributed by atoms with E-state index in [0.717, 1.165) is 23.1 Å². The molecule has 35 heavy (non-hydrogen) atoms. The number of amides is 2. The molecule has 3 aromatic rings. The van der Waals surface area contributed by atoms with Gasteiger partial charge in [-0.2, -0.15) is 0 Å². The highest BCUT2D eigenvalue weighted by Crippen LogP contribution is 2.32. The van der Waals surface area contributed by atoms with Crippen LogP contribution in [-0.2, 0) is 16.6 Å². The predicted octanol–water partition coefficient (Wildman–Crippen LogP) is 3.72. The summed E-state index contributed by atoms with van der Waals surface area (Å²) < 4.78 is 8.87. The molecule has 0 radical (unpaired) electrons. The molecule has 10 heteroatoms. The number of aromatic nitrogens is 2. The minimum absolute atomic E-state index is 0.164. The smallest absolute Gasteiger partial charge is 0.295 e. The number of rotatable bonds is 7. The van der Waals surface area contributed by atoms with E-state index >= 15 is 0 Å². The maximum absolute atomic E-state index is 13.0. The number of anilines is 1. The molecular weight excluding hydrogens is 484 g/mol. The van der Waals surface area contributed by atoms with Crippen LogP contribution in [0.4, 0.5) is 5.69 Å². The molecule has 1 fully saturated rings. The molecule has 0 unspecified atom stereocenters. The van der Waals surface area contributed by atoms with Crippen LogP contribution in [-0.4, -0.2) is 43.6 Å². The molecule has 0 atom stereocenters. The van der Waals surface area contributed by atoms with Crippen LogP contribution in [0.25, 0.3) is 11.8 Å². The van der Waals surface area contributed by atoms with E-state index in [4.69, 9.17) is 17.0 Å². The van der Waals surface area contributed by atoms with Gasteiger partial charge in [0.25, 0.3) is 11.5 Å². The molecule has 0 aliphatic carbocycles. The Morgan fingerprint density at radius 3 is 2.46 bits per heavy atom. The van der Waals surface area contributed by atoms with Gasteiger partial charge in [0.1, 0.15) is 22.3 Å². The van der Waals surface area contributed by atoms with Gasteiger partial charge in [0.2, 0.25) is 5.91 Å². The number of ether oxygens (including phenoxy) is 1. The van der Waals surface area contributed by atoms with E-state index in [2.05, 4.69) is 5.32 Å². The Morgan fingerprint density at radius 2 is 1.80 bits per heavy atom. The van der Waals surface area contributed by atoms with Crippen molar-refractivity contribution in [3.05, 3.63) is 81.1 Å². The maximum Gasteiger partial charge on any atom is 0.295 e. The van der Waals surface area contributed by atoms with E-state index < -0.39 is 5.91 Å². The monoisotopic (exact) mass is 508 g/mol. The first-order valence-electron chi connectivity index (χ1n) is 10.9. The molecule has 4 rings (SSSR count). The van der Waals surface area contributed by atoms with Crippen LogP contribution in [0.15, 0.2) is 64.3 Å². The standard InChI is InChI=1S/C25H24N4O4S2/c1-4-33-19-12-10-17(11-13-19)14-20-23(31)28(25(34)35-20)15-21(30)26-22-16(2)27(3)29(24(22)32)18-8-6-5-7-9-18/h5-14H,4,15H2,1-3H3,(H,26,30). The minimum atomic E-state index is -0.505. The normalized spacial score (nSPS) is 14.6. The van der Waals surface area contributed by atoms with Crippen LogP contribution in [0.5, 0.6) is 5.75 Å². The second-order valence-electron chi connectivity index (χ2n) is 7.75. The molecule has 0 bridgehead atoms. The molecular formula is C25H24N4O4S2. The Balaban J connectivity index is 1.48. The average molecular weight is 509 g/mol. The van der Waals surface area contributed by atoms with Gasteiger partial charge >= 0.3 is 0 Å². The van der Waals surface area contributed by atoms with Gasteiger partial charge in [0, 0.05) is 7.05 Å². The van der Waals surface area contributed by atoms with Crippen molar-refractivity contribution in [2.45, 2.75) is 13.8 Å². The van der Waals surface area contributed by atoms with E-state index in [9.17, 15) is 14.4 Å². The third-order valence-corrected chi connectivity index (χ3v) is 6.86. The lowest BCUT2D eigenvalue weighted by Gasteiger charge is -2.13. The molecule has 1 aliphatic rings. The Hall–Kier alpha value is -3.63. The number of carbonyl (C=O) groups is 2. The van der Waals surface area contributed by atoms with E-state index in [1.165, 1.54) is 9.58 Å². The van der Waals surface area contributed by atoms with E-state index in [1.54, 1.807) is 24.7 Å². The quantitative estimate of drug-likeness (QED) is 0.387. The Bertz CT molecular complexity index is 1370. The van der Waals surface area contributed by atoms with Gasteiger partial charge < -0.3 is 10.1 Å². The van der Waals surface area contributed by atoms with E-state index in [-0.39, 0.29) is 28.0 Å². The third-order valence-electron chi connectivity index (χ3n) is 5.48. The Kier molecular flexibility index (Phi) is 7.23. The SMILES string of the molecule is CCOc1ccc(C=C2SC(=S)N(CC(=O)Nc3c(C)n(C)n(-c4ccccc4)c3=O)C2=O)cc1. The van der Waals surface area contributed by atoms with Crippen molar-refractivity contribution in [1.82, 2.24) is 14.3 Å². The zero-order valence-corrected chi connectivity index (χ0v) is 21.1. The molecule has 1 saturated heterocycles. The summed E-state index contributed by atoms with van der Waals surface area (Å²) in [5.41, 5.74) is 1.90. The van der Waals surface area contributed by atoms with Crippen molar-refractivity contribution in [2.24, 2.45) is 7.05 Å². The lowest BCUT2D eigenvalue weighted by molar-refractivity contribution is -0.126. The summed E-state index contributed by atoms with van der Waals surface area (Å²) in [7, 11) is 1.74. The van der Waals surface area contributed by atoms with Gasteiger partial charge in [-0.15, -0.1) is 0 Å². The fourth-order valence-corrected chi connectivity index (χ4v) is 4.90. The summed E-state index contributed by atoms with van der Waals surface area (Å²) in [6.45, 7) is 3.94. The Morgan fingerprint density at radius 1 is 1.11 bits per heavy atom. The Labute approximate surface area is 212 Å². The van der Waals surface area contributed by atoms with Gasteiger partial charge in [-0.1, -0.05) is 54.3 Å². The third kappa shape index (κ3) is 5.08. The molecule has 1 N–H and O–H groups in total. The molecule has 2 aromatic carbocycles. The summed E-state index contributed by atoms with van der Waals surface area (Å²) in [6, 6.07) is 16.5. The van der Waals surface area contributed by atoms with Crippen molar-refractivity contribution < 1.29 is 14.3 Å². The first kappa shape index (κ1) is 24.5. The first-order valence-corrected chi connectivity index (χ1v) is 12.1. The molecule has 0 saturated carbocycles. The molecule has 1 aromatic heterocycles. The topological polar surface area (TPSA) is 85.6 Å². The summed E-state index contributed by atoms with van der Waals surface area (Å²) in [6.07, 6.45) is 1.73. The maximum atomic E-state index is 13.0. The molecule has 1 aliphatic heterocycles. The van der Waals surface area contributed by atoms with Crippen LogP contribution >= 0.6 is 24.0 Å². The number of thiocarbonyl (C=S) groups is 1. The van der Waals surface area contributed by atoms with Crippen LogP contribution in [0.3, 0.4) is 0 Å². The summed E-state index contributed by atoms with van der Waals surface area (Å²) >= 11 is 6.48. The second kappa shape index (κ2) is 10.3. The molecule has 180 valence electrons. The summed E-state index contributed by atoms with van der Waals surface area (Å²) in [5.74, 6) is -0.110. The zero-order chi connectivity index (χ0) is 25.1. The number of hydrogen-bond donors (Lipinski definition) is 1. The number of para-hydroxylation sites is 1. The summed E-state index contributed by atoms with van der Waals surface area (Å²) in [5, 5.41) is 2.67. The van der Waals surface area contributed by atoms with Gasteiger partial charge in [0.05, 0.1) is 22.9 Å². The van der Waals surface area contributed by atoms with Crippen molar-refractivity contribution >= 4 is 51.9 Å². The van der Waals surface area contributed by atoms with Crippen LogP contribution in [0, 0.1) is 6.92 Å². The lowest BCUT2D eigenvalue weighted by atomic mass is 10.2. The van der Waals surface area contributed by atoms with Gasteiger partial charge in [-0.3, -0.25) is 24.0 Å². The van der Waals surface area contributed by atoms with Gasteiger partial charge in [-0.05, 0) is 49.8 Å². The van der Waals surface area contributed by atoms with Gasteiger partial charge in [0.15, 0.2) is 0 Å². The van der Waals surface area contributed by atoms with Crippen LogP contribution in [0.2, 0.25) is 0 Å². The first-order chi connectivity index (χ1) is 16.8. The molecule has 2 heterocycles. The predicted molar refractivity (Wildman–Crippen MR) is 142 cm³/mol. The molecule has 0 spiro atoms. The second-order valence-corrected chi connectivity index (χ2v) is 9.43. The molecule has 8 nitrogen and oxygen atoms in total. The largest absolute Gasteiger partial charge is 0.494 e.